The minimum Gasteiger partial charge on any atom is -0.325 e. The molecule has 0 aliphatic heterocycles. The van der Waals surface area contributed by atoms with Gasteiger partial charge < -0.3 is 5.32 Å². The van der Waals surface area contributed by atoms with Crippen molar-refractivity contribution in [3.63, 3.8) is 0 Å². The summed E-state index contributed by atoms with van der Waals surface area (Å²) in [4.78, 5) is 22.5. The summed E-state index contributed by atoms with van der Waals surface area (Å²) in [6, 6.07) is 16.3. The smallest absolute Gasteiger partial charge is 0.234 e. The first-order chi connectivity index (χ1) is 14.2. The second kappa shape index (κ2) is 8.76. The fourth-order valence-corrected chi connectivity index (χ4v) is 5.09. The fraction of sp³-hybridized carbons (Fsp3) is 0.174. The summed E-state index contributed by atoms with van der Waals surface area (Å²) in [6.45, 7) is 4.12. The molecule has 0 aliphatic rings. The number of carbonyl (C=O) groups excluding carboxylic acids is 1. The van der Waals surface area contributed by atoms with E-state index in [-0.39, 0.29) is 5.91 Å². The van der Waals surface area contributed by atoms with Crippen molar-refractivity contribution in [2.45, 2.75) is 25.3 Å². The molecule has 1 amide bonds. The lowest BCUT2D eigenvalue weighted by Gasteiger charge is -2.13. The summed E-state index contributed by atoms with van der Waals surface area (Å²) < 4.78 is 0. The second-order valence-corrected chi connectivity index (χ2v) is 8.50. The number of amides is 1. The molecule has 0 bridgehead atoms. The number of rotatable bonds is 6. The third-order valence-electron chi connectivity index (χ3n) is 4.76. The van der Waals surface area contributed by atoms with E-state index in [2.05, 4.69) is 45.8 Å². The number of thioether (sulfide) groups is 1. The van der Waals surface area contributed by atoms with Crippen molar-refractivity contribution >= 4 is 44.9 Å². The number of nitrogens with zero attached hydrogens (tertiary/aromatic N) is 2. The average Bonchev–Trinajstić information content (AvgIpc) is 3.19. The highest BCUT2D eigenvalue weighted by molar-refractivity contribution is 8.00. The molecule has 0 saturated carbocycles. The number of hydrogen-bond acceptors (Lipinski definition) is 5. The number of anilines is 1. The van der Waals surface area contributed by atoms with Crippen molar-refractivity contribution < 1.29 is 4.79 Å². The molecule has 6 heteroatoms. The van der Waals surface area contributed by atoms with Crippen molar-refractivity contribution in [3.8, 4) is 11.1 Å². The van der Waals surface area contributed by atoms with Crippen molar-refractivity contribution in [1.29, 1.82) is 0 Å². The van der Waals surface area contributed by atoms with Crippen LogP contribution < -0.4 is 5.32 Å². The fourth-order valence-electron chi connectivity index (χ4n) is 3.30. The van der Waals surface area contributed by atoms with Gasteiger partial charge in [-0.05, 0) is 30.0 Å². The van der Waals surface area contributed by atoms with Crippen molar-refractivity contribution in [3.05, 3.63) is 71.4 Å². The van der Waals surface area contributed by atoms with Crippen LogP contribution in [0.2, 0.25) is 0 Å². The summed E-state index contributed by atoms with van der Waals surface area (Å²) in [5, 5.41) is 7.06. The Labute approximate surface area is 178 Å². The Bertz CT molecular complexity index is 1160. The largest absolute Gasteiger partial charge is 0.325 e. The summed E-state index contributed by atoms with van der Waals surface area (Å²) in [5.41, 5.74) is 5.40. The van der Waals surface area contributed by atoms with Gasteiger partial charge in [-0.2, -0.15) is 0 Å². The van der Waals surface area contributed by atoms with Gasteiger partial charge in [-0.3, -0.25) is 4.79 Å². The summed E-state index contributed by atoms with van der Waals surface area (Å²) in [6.07, 6.45) is 2.46. The number of fused-ring (bicyclic) bond motifs is 1. The van der Waals surface area contributed by atoms with E-state index in [1.54, 1.807) is 17.7 Å². The Morgan fingerprint density at radius 2 is 1.93 bits per heavy atom. The van der Waals surface area contributed by atoms with E-state index in [1.807, 2.05) is 37.3 Å². The van der Waals surface area contributed by atoms with Crippen LogP contribution in [0.1, 0.15) is 18.1 Å². The van der Waals surface area contributed by atoms with Gasteiger partial charge in [-0.15, -0.1) is 11.3 Å². The van der Waals surface area contributed by atoms with Crippen LogP contribution >= 0.6 is 23.1 Å². The van der Waals surface area contributed by atoms with Gasteiger partial charge in [0.05, 0.1) is 11.1 Å². The summed E-state index contributed by atoms with van der Waals surface area (Å²) in [5.74, 6) is 0.274. The van der Waals surface area contributed by atoms with Crippen LogP contribution in [0.5, 0.6) is 0 Å². The molecular formula is C23H21N3OS2. The molecule has 0 spiro atoms. The molecule has 2 aromatic carbocycles. The van der Waals surface area contributed by atoms with E-state index < -0.39 is 0 Å². The van der Waals surface area contributed by atoms with Crippen LogP contribution in [0.25, 0.3) is 21.3 Å². The van der Waals surface area contributed by atoms with E-state index in [4.69, 9.17) is 0 Å². The number of thiophene rings is 1. The van der Waals surface area contributed by atoms with Gasteiger partial charge in [0, 0.05) is 16.6 Å². The van der Waals surface area contributed by atoms with Crippen LogP contribution in [0.4, 0.5) is 5.69 Å². The van der Waals surface area contributed by atoms with E-state index >= 15 is 0 Å². The maximum atomic E-state index is 12.7. The van der Waals surface area contributed by atoms with Gasteiger partial charge in [-0.1, -0.05) is 67.2 Å². The van der Waals surface area contributed by atoms with Gasteiger partial charge in [0.1, 0.15) is 16.2 Å². The molecule has 146 valence electrons. The first-order valence-corrected chi connectivity index (χ1v) is 11.3. The number of aromatic nitrogens is 2. The SMILES string of the molecule is CCc1cccc(C)c1NC(=O)CSc1ncnc2scc(-c3ccccc3)c12. The van der Waals surface area contributed by atoms with E-state index in [1.165, 1.54) is 11.8 Å². The Kier molecular flexibility index (Phi) is 5.92. The van der Waals surface area contributed by atoms with Crippen molar-refractivity contribution in [2.24, 2.45) is 0 Å². The molecular weight excluding hydrogens is 398 g/mol. The van der Waals surface area contributed by atoms with E-state index in [0.717, 1.165) is 49.6 Å². The third kappa shape index (κ3) is 4.18. The molecule has 0 atom stereocenters. The van der Waals surface area contributed by atoms with Gasteiger partial charge in [-0.25, -0.2) is 9.97 Å². The first kappa shape index (κ1) is 19.6. The monoisotopic (exact) mass is 419 g/mol. The number of benzene rings is 2. The minimum absolute atomic E-state index is 0.0257. The van der Waals surface area contributed by atoms with Gasteiger partial charge in [0.25, 0.3) is 0 Å². The van der Waals surface area contributed by atoms with Gasteiger partial charge >= 0.3 is 0 Å². The number of carbonyl (C=O) groups is 1. The zero-order chi connectivity index (χ0) is 20.2. The van der Waals surface area contributed by atoms with Gasteiger partial charge in [0.2, 0.25) is 5.91 Å². The van der Waals surface area contributed by atoms with Crippen LogP contribution in [-0.4, -0.2) is 21.6 Å². The molecule has 0 aliphatic carbocycles. The lowest BCUT2D eigenvalue weighted by molar-refractivity contribution is -0.113. The van der Waals surface area contributed by atoms with Crippen LogP contribution in [0.3, 0.4) is 0 Å². The quantitative estimate of drug-likeness (QED) is 0.309. The Hall–Kier alpha value is -2.70. The summed E-state index contributed by atoms with van der Waals surface area (Å²) >= 11 is 3.06. The van der Waals surface area contributed by atoms with Crippen molar-refractivity contribution in [1.82, 2.24) is 9.97 Å². The third-order valence-corrected chi connectivity index (χ3v) is 6.64. The maximum absolute atomic E-state index is 12.7. The molecule has 0 radical (unpaired) electrons. The molecule has 0 fully saturated rings. The molecule has 29 heavy (non-hydrogen) atoms. The molecule has 0 unspecified atom stereocenters. The first-order valence-electron chi connectivity index (χ1n) is 9.46. The molecule has 4 aromatic rings. The zero-order valence-corrected chi connectivity index (χ0v) is 17.9. The normalized spacial score (nSPS) is 11.0. The molecule has 4 rings (SSSR count). The predicted octanol–water partition coefficient (Wildman–Crippen LogP) is 5.96. The Morgan fingerprint density at radius 3 is 2.72 bits per heavy atom. The minimum atomic E-state index is -0.0257. The predicted molar refractivity (Wildman–Crippen MR) is 123 cm³/mol. The topological polar surface area (TPSA) is 54.9 Å². The van der Waals surface area contributed by atoms with Crippen LogP contribution in [0, 0.1) is 6.92 Å². The molecule has 4 nitrogen and oxygen atoms in total. The van der Waals surface area contributed by atoms with Crippen molar-refractivity contribution in [2.75, 3.05) is 11.1 Å². The van der Waals surface area contributed by atoms with E-state index in [0.29, 0.717) is 5.75 Å². The molecule has 1 N–H and O–H groups in total. The maximum Gasteiger partial charge on any atom is 0.234 e. The standard InChI is InChI=1S/C23H21N3OS2/c1-3-16-11-7-8-15(2)21(16)26-19(27)13-29-23-20-18(17-9-5-4-6-10-17)12-28-22(20)24-14-25-23/h4-12,14H,3,13H2,1-2H3,(H,26,27). The average molecular weight is 420 g/mol. The van der Waals surface area contributed by atoms with Crippen LogP contribution in [0.15, 0.2) is 65.3 Å². The number of para-hydroxylation sites is 1. The highest BCUT2D eigenvalue weighted by atomic mass is 32.2. The molecule has 2 heterocycles. The summed E-state index contributed by atoms with van der Waals surface area (Å²) in [7, 11) is 0. The molecule has 0 saturated heterocycles. The Morgan fingerprint density at radius 1 is 1.10 bits per heavy atom. The number of aryl methyl sites for hydroxylation is 2. The van der Waals surface area contributed by atoms with E-state index in [9.17, 15) is 4.79 Å². The lowest BCUT2D eigenvalue weighted by atomic mass is 10.1. The second-order valence-electron chi connectivity index (χ2n) is 6.67. The highest BCUT2D eigenvalue weighted by Crippen LogP contribution is 2.37. The number of nitrogens with one attached hydrogen (secondary N) is 1. The Balaban J connectivity index is 1.56. The molecule has 2 aromatic heterocycles. The number of hydrogen-bond donors (Lipinski definition) is 1. The highest BCUT2D eigenvalue weighted by Gasteiger charge is 2.15. The zero-order valence-electron chi connectivity index (χ0n) is 16.3. The van der Waals surface area contributed by atoms with Gasteiger partial charge in [0.15, 0.2) is 0 Å². The lowest BCUT2D eigenvalue weighted by Crippen LogP contribution is -2.16. The van der Waals surface area contributed by atoms with Crippen LogP contribution in [-0.2, 0) is 11.2 Å².